The van der Waals surface area contributed by atoms with E-state index in [-0.39, 0.29) is 5.91 Å². The van der Waals surface area contributed by atoms with E-state index in [1.54, 1.807) is 18.2 Å². The first-order chi connectivity index (χ1) is 9.66. The molecule has 1 heterocycles. The molecule has 0 unspecified atom stereocenters. The topological polar surface area (TPSA) is 46.3 Å². The van der Waals surface area contributed by atoms with Crippen molar-refractivity contribution in [2.75, 3.05) is 17.2 Å². The quantitative estimate of drug-likeness (QED) is 0.816. The standard InChI is InChI=1S/C16H15ClN2O/c17-13-10-12(7-8-14(13)18)16(20)19-9-3-5-11-4-1-2-6-15(11)19/h1-2,4,6-8,10H,3,5,9,18H2. The smallest absolute Gasteiger partial charge is 0.258 e. The van der Waals surface area contributed by atoms with Gasteiger partial charge in [0.2, 0.25) is 0 Å². The average molecular weight is 287 g/mol. The molecule has 1 amide bonds. The number of hydrogen-bond donors (Lipinski definition) is 1. The van der Waals surface area contributed by atoms with Crippen LogP contribution >= 0.6 is 11.6 Å². The summed E-state index contributed by atoms with van der Waals surface area (Å²) in [6, 6.07) is 13.1. The normalized spacial score (nSPS) is 13.9. The van der Waals surface area contributed by atoms with Gasteiger partial charge in [0.05, 0.1) is 10.7 Å². The van der Waals surface area contributed by atoms with E-state index in [4.69, 9.17) is 17.3 Å². The molecule has 0 saturated carbocycles. The summed E-state index contributed by atoms with van der Waals surface area (Å²) in [4.78, 5) is 14.5. The van der Waals surface area contributed by atoms with E-state index >= 15 is 0 Å². The minimum Gasteiger partial charge on any atom is -0.398 e. The third-order valence-corrected chi connectivity index (χ3v) is 3.93. The number of para-hydroxylation sites is 1. The third-order valence-electron chi connectivity index (χ3n) is 3.60. The number of nitrogens with zero attached hydrogens (tertiary/aromatic N) is 1. The monoisotopic (exact) mass is 286 g/mol. The molecule has 1 aliphatic rings. The maximum absolute atomic E-state index is 12.7. The zero-order valence-corrected chi connectivity index (χ0v) is 11.7. The minimum atomic E-state index is -0.0287. The maximum atomic E-state index is 12.7. The van der Waals surface area contributed by atoms with Gasteiger partial charge in [-0.1, -0.05) is 29.8 Å². The van der Waals surface area contributed by atoms with Crippen molar-refractivity contribution >= 4 is 28.9 Å². The fourth-order valence-corrected chi connectivity index (χ4v) is 2.74. The maximum Gasteiger partial charge on any atom is 0.258 e. The summed E-state index contributed by atoms with van der Waals surface area (Å²) >= 11 is 6.00. The van der Waals surface area contributed by atoms with Crippen LogP contribution in [0.15, 0.2) is 42.5 Å². The highest BCUT2D eigenvalue weighted by atomic mass is 35.5. The van der Waals surface area contributed by atoms with Crippen molar-refractivity contribution in [1.29, 1.82) is 0 Å². The largest absolute Gasteiger partial charge is 0.398 e. The van der Waals surface area contributed by atoms with Crippen molar-refractivity contribution in [3.05, 3.63) is 58.6 Å². The summed E-state index contributed by atoms with van der Waals surface area (Å²) < 4.78 is 0. The molecule has 0 aliphatic carbocycles. The number of nitrogens with two attached hydrogens (primary N) is 1. The van der Waals surface area contributed by atoms with Gasteiger partial charge in [-0.2, -0.15) is 0 Å². The second-order valence-electron chi connectivity index (χ2n) is 4.93. The van der Waals surface area contributed by atoms with Crippen LogP contribution in [0.2, 0.25) is 5.02 Å². The lowest BCUT2D eigenvalue weighted by atomic mass is 10.0. The second kappa shape index (κ2) is 5.17. The molecular formula is C16H15ClN2O. The number of carbonyl (C=O) groups excluding carboxylic acids is 1. The van der Waals surface area contributed by atoms with Crippen LogP contribution in [0, 0.1) is 0 Å². The van der Waals surface area contributed by atoms with Gasteiger partial charge in [-0.3, -0.25) is 4.79 Å². The number of nitrogen functional groups attached to an aromatic ring is 1. The first-order valence-corrected chi connectivity index (χ1v) is 6.99. The zero-order chi connectivity index (χ0) is 14.1. The summed E-state index contributed by atoms with van der Waals surface area (Å²) in [7, 11) is 0. The Morgan fingerprint density at radius 1 is 1.20 bits per heavy atom. The van der Waals surface area contributed by atoms with E-state index in [0.717, 1.165) is 25.1 Å². The summed E-state index contributed by atoms with van der Waals surface area (Å²) in [5.41, 5.74) is 8.96. The van der Waals surface area contributed by atoms with E-state index in [2.05, 4.69) is 6.07 Å². The van der Waals surface area contributed by atoms with Crippen LogP contribution < -0.4 is 10.6 Å². The predicted octanol–water partition coefficient (Wildman–Crippen LogP) is 3.52. The summed E-state index contributed by atoms with van der Waals surface area (Å²) in [6.07, 6.45) is 1.99. The summed E-state index contributed by atoms with van der Waals surface area (Å²) in [5.74, 6) is -0.0287. The Hall–Kier alpha value is -2.00. The Balaban J connectivity index is 1.97. The van der Waals surface area contributed by atoms with Gasteiger partial charge in [-0.05, 0) is 42.7 Å². The molecule has 2 aromatic carbocycles. The van der Waals surface area contributed by atoms with Gasteiger partial charge < -0.3 is 10.6 Å². The van der Waals surface area contributed by atoms with E-state index in [1.807, 2.05) is 23.1 Å². The fourth-order valence-electron chi connectivity index (χ4n) is 2.56. The van der Waals surface area contributed by atoms with Crippen LogP contribution in [0.5, 0.6) is 0 Å². The average Bonchev–Trinajstić information content (AvgIpc) is 2.49. The molecule has 0 aromatic heterocycles. The molecule has 0 radical (unpaired) electrons. The van der Waals surface area contributed by atoms with Crippen molar-refractivity contribution in [1.82, 2.24) is 0 Å². The van der Waals surface area contributed by atoms with Crippen molar-refractivity contribution in [3.63, 3.8) is 0 Å². The van der Waals surface area contributed by atoms with Crippen molar-refractivity contribution in [2.24, 2.45) is 0 Å². The third kappa shape index (κ3) is 2.25. The number of benzene rings is 2. The summed E-state index contributed by atoms with van der Waals surface area (Å²) in [6.45, 7) is 0.734. The van der Waals surface area contributed by atoms with Crippen LogP contribution in [0.25, 0.3) is 0 Å². The van der Waals surface area contributed by atoms with Crippen LogP contribution in [0.3, 0.4) is 0 Å². The van der Waals surface area contributed by atoms with E-state index in [1.165, 1.54) is 5.56 Å². The Labute approximate surface area is 123 Å². The minimum absolute atomic E-state index is 0.0287. The summed E-state index contributed by atoms with van der Waals surface area (Å²) in [5, 5.41) is 0.418. The fraction of sp³-hybridized carbons (Fsp3) is 0.188. The van der Waals surface area contributed by atoms with E-state index in [9.17, 15) is 4.79 Å². The number of anilines is 2. The number of aryl methyl sites for hydroxylation is 1. The molecular weight excluding hydrogens is 272 g/mol. The molecule has 2 N–H and O–H groups in total. The lowest BCUT2D eigenvalue weighted by molar-refractivity contribution is 0.0985. The van der Waals surface area contributed by atoms with Crippen molar-refractivity contribution in [3.8, 4) is 0 Å². The Kier molecular flexibility index (Phi) is 3.36. The molecule has 102 valence electrons. The number of hydrogen-bond acceptors (Lipinski definition) is 2. The molecule has 3 nitrogen and oxygen atoms in total. The molecule has 4 heteroatoms. The highest BCUT2D eigenvalue weighted by Gasteiger charge is 2.23. The lowest BCUT2D eigenvalue weighted by Crippen LogP contribution is -2.35. The molecule has 0 fully saturated rings. The van der Waals surface area contributed by atoms with Gasteiger partial charge in [0.15, 0.2) is 0 Å². The molecule has 0 atom stereocenters. The number of carbonyl (C=O) groups is 1. The van der Waals surface area contributed by atoms with Crippen molar-refractivity contribution in [2.45, 2.75) is 12.8 Å². The first-order valence-electron chi connectivity index (χ1n) is 6.61. The lowest BCUT2D eigenvalue weighted by Gasteiger charge is -2.29. The molecule has 0 spiro atoms. The predicted molar refractivity (Wildman–Crippen MR) is 82.3 cm³/mol. The molecule has 1 aliphatic heterocycles. The number of amides is 1. The van der Waals surface area contributed by atoms with Crippen LogP contribution in [-0.2, 0) is 6.42 Å². The van der Waals surface area contributed by atoms with Crippen molar-refractivity contribution < 1.29 is 4.79 Å². The van der Waals surface area contributed by atoms with Crippen LogP contribution in [-0.4, -0.2) is 12.5 Å². The zero-order valence-electron chi connectivity index (χ0n) is 11.0. The van der Waals surface area contributed by atoms with Gasteiger partial charge in [0, 0.05) is 17.8 Å². The van der Waals surface area contributed by atoms with E-state index < -0.39 is 0 Å². The Morgan fingerprint density at radius 2 is 2.00 bits per heavy atom. The molecule has 3 rings (SSSR count). The van der Waals surface area contributed by atoms with Gasteiger partial charge >= 0.3 is 0 Å². The Bertz CT molecular complexity index is 669. The highest BCUT2D eigenvalue weighted by molar-refractivity contribution is 6.33. The van der Waals surface area contributed by atoms with Gasteiger partial charge in [-0.25, -0.2) is 0 Å². The first kappa shape index (κ1) is 13.0. The van der Waals surface area contributed by atoms with Gasteiger partial charge in [0.25, 0.3) is 5.91 Å². The van der Waals surface area contributed by atoms with E-state index in [0.29, 0.717) is 16.3 Å². The second-order valence-corrected chi connectivity index (χ2v) is 5.33. The van der Waals surface area contributed by atoms with Crippen LogP contribution in [0.1, 0.15) is 22.3 Å². The van der Waals surface area contributed by atoms with Gasteiger partial charge in [0.1, 0.15) is 0 Å². The van der Waals surface area contributed by atoms with Crippen LogP contribution in [0.4, 0.5) is 11.4 Å². The number of halogens is 1. The SMILES string of the molecule is Nc1ccc(C(=O)N2CCCc3ccccc32)cc1Cl. The molecule has 0 bridgehead atoms. The Morgan fingerprint density at radius 3 is 2.80 bits per heavy atom. The molecule has 2 aromatic rings. The number of rotatable bonds is 1. The molecule has 0 saturated heterocycles. The molecule has 20 heavy (non-hydrogen) atoms. The van der Waals surface area contributed by atoms with Gasteiger partial charge in [-0.15, -0.1) is 0 Å². The highest BCUT2D eigenvalue weighted by Crippen LogP contribution is 2.29. The number of fused-ring (bicyclic) bond motifs is 1.